The maximum atomic E-state index is 14.0. The standard InChI is InChI=1S/C33H31FN2O5S/c1-5-39-32(38)29-21(4)35-33-36(30(29)26-11-6-7-12-27(26)41-20(2)3)31(37)28(42-33)18-23-9-8-10-25(17-23)40-19-22-13-15-24(34)16-14-22/h6-18,20,30H,5,19H2,1-4H3/b28-18-. The summed E-state index contributed by atoms with van der Waals surface area (Å²) in [7, 11) is 0. The molecule has 0 spiro atoms. The van der Waals surface area contributed by atoms with Crippen LogP contribution in [-0.2, 0) is 16.1 Å². The fraction of sp³-hybridized carbons (Fsp3) is 0.242. The summed E-state index contributed by atoms with van der Waals surface area (Å²) in [5.74, 6) is 0.363. The average Bonchev–Trinajstić information content (AvgIpc) is 3.26. The number of esters is 1. The molecule has 216 valence electrons. The van der Waals surface area contributed by atoms with Crippen LogP contribution in [0.2, 0.25) is 0 Å². The van der Waals surface area contributed by atoms with Crippen molar-refractivity contribution < 1.29 is 23.4 Å². The molecule has 3 aromatic carbocycles. The number of halogens is 1. The Labute approximate surface area is 246 Å². The lowest BCUT2D eigenvalue weighted by atomic mass is 9.95. The Morgan fingerprint density at radius 3 is 2.60 bits per heavy atom. The predicted molar refractivity (Wildman–Crippen MR) is 160 cm³/mol. The Hall–Kier alpha value is -4.50. The Bertz CT molecular complexity index is 1820. The van der Waals surface area contributed by atoms with E-state index in [9.17, 15) is 14.0 Å². The van der Waals surface area contributed by atoms with Gasteiger partial charge < -0.3 is 14.2 Å². The van der Waals surface area contributed by atoms with Crippen molar-refractivity contribution >= 4 is 23.4 Å². The number of hydrogen-bond donors (Lipinski definition) is 0. The smallest absolute Gasteiger partial charge is 0.338 e. The minimum absolute atomic E-state index is 0.115. The number of thiazole rings is 1. The first-order valence-electron chi connectivity index (χ1n) is 13.7. The molecule has 4 aromatic rings. The van der Waals surface area contributed by atoms with Gasteiger partial charge in [-0.2, -0.15) is 0 Å². The Balaban J connectivity index is 1.57. The number of ether oxygens (including phenoxy) is 3. The molecular formula is C33H31FN2O5S. The van der Waals surface area contributed by atoms with Crippen LogP contribution in [0.25, 0.3) is 6.08 Å². The predicted octanol–water partition coefficient (Wildman–Crippen LogP) is 5.30. The Morgan fingerprint density at radius 2 is 1.86 bits per heavy atom. The number of carbonyl (C=O) groups excluding carboxylic acids is 1. The Morgan fingerprint density at radius 1 is 1.10 bits per heavy atom. The number of carbonyl (C=O) groups is 1. The van der Waals surface area contributed by atoms with Gasteiger partial charge in [0.2, 0.25) is 0 Å². The highest BCUT2D eigenvalue weighted by atomic mass is 32.1. The fourth-order valence-electron chi connectivity index (χ4n) is 4.75. The molecule has 1 aliphatic heterocycles. The van der Waals surface area contributed by atoms with Gasteiger partial charge in [0.1, 0.15) is 30.0 Å². The number of fused-ring (bicyclic) bond motifs is 1. The van der Waals surface area contributed by atoms with Crippen LogP contribution in [0.5, 0.6) is 11.5 Å². The second-order valence-corrected chi connectivity index (χ2v) is 11.0. The van der Waals surface area contributed by atoms with E-state index in [4.69, 9.17) is 14.2 Å². The van der Waals surface area contributed by atoms with E-state index in [1.54, 1.807) is 36.6 Å². The van der Waals surface area contributed by atoms with Gasteiger partial charge in [0, 0.05) is 5.56 Å². The zero-order chi connectivity index (χ0) is 29.8. The molecule has 1 unspecified atom stereocenters. The van der Waals surface area contributed by atoms with Gasteiger partial charge in [-0.1, -0.05) is 53.8 Å². The monoisotopic (exact) mass is 586 g/mol. The van der Waals surface area contributed by atoms with Gasteiger partial charge in [-0.3, -0.25) is 9.36 Å². The van der Waals surface area contributed by atoms with Crippen LogP contribution in [0.4, 0.5) is 4.39 Å². The molecule has 0 bridgehead atoms. The minimum Gasteiger partial charge on any atom is -0.491 e. The van der Waals surface area contributed by atoms with Crippen molar-refractivity contribution in [3.8, 4) is 11.5 Å². The van der Waals surface area contributed by atoms with E-state index >= 15 is 0 Å². The fourth-order valence-corrected chi connectivity index (χ4v) is 5.79. The lowest BCUT2D eigenvalue weighted by Crippen LogP contribution is -2.40. The number of allylic oxidation sites excluding steroid dienone is 1. The highest BCUT2D eigenvalue weighted by molar-refractivity contribution is 7.07. The van der Waals surface area contributed by atoms with Crippen molar-refractivity contribution in [3.05, 3.63) is 126 Å². The first-order valence-corrected chi connectivity index (χ1v) is 14.5. The van der Waals surface area contributed by atoms with Crippen LogP contribution >= 0.6 is 11.3 Å². The van der Waals surface area contributed by atoms with Gasteiger partial charge in [0.05, 0.1) is 28.5 Å². The van der Waals surface area contributed by atoms with Crippen LogP contribution in [0.15, 0.2) is 93.9 Å². The molecule has 7 nitrogen and oxygen atoms in total. The van der Waals surface area contributed by atoms with Gasteiger partial charge in [-0.05, 0) is 75.2 Å². The number of hydrogen-bond acceptors (Lipinski definition) is 7. The third kappa shape index (κ3) is 6.21. The molecule has 1 atom stereocenters. The van der Waals surface area contributed by atoms with E-state index in [2.05, 4.69) is 4.99 Å². The molecule has 0 saturated heterocycles. The summed E-state index contributed by atoms with van der Waals surface area (Å²) in [6, 6.07) is 20.1. The van der Waals surface area contributed by atoms with Crippen LogP contribution in [0.1, 0.15) is 50.4 Å². The zero-order valence-corrected chi connectivity index (χ0v) is 24.6. The molecular weight excluding hydrogens is 555 g/mol. The maximum absolute atomic E-state index is 14.0. The zero-order valence-electron chi connectivity index (χ0n) is 23.8. The summed E-state index contributed by atoms with van der Waals surface area (Å²) in [5.41, 5.74) is 2.78. The van der Waals surface area contributed by atoms with Gasteiger partial charge in [0.25, 0.3) is 5.56 Å². The van der Waals surface area contributed by atoms with Crippen molar-refractivity contribution in [2.75, 3.05) is 6.61 Å². The van der Waals surface area contributed by atoms with Gasteiger partial charge in [-0.15, -0.1) is 0 Å². The van der Waals surface area contributed by atoms with Crippen molar-refractivity contribution in [1.29, 1.82) is 0 Å². The molecule has 2 heterocycles. The molecule has 0 amide bonds. The molecule has 9 heteroatoms. The van der Waals surface area contributed by atoms with E-state index in [-0.39, 0.29) is 30.7 Å². The summed E-state index contributed by atoms with van der Waals surface area (Å²) in [5, 5.41) is 0. The van der Waals surface area contributed by atoms with E-state index in [0.29, 0.717) is 37.7 Å². The molecule has 1 aliphatic rings. The van der Waals surface area contributed by atoms with Crippen molar-refractivity contribution in [1.82, 2.24) is 4.57 Å². The van der Waals surface area contributed by atoms with Crippen LogP contribution < -0.4 is 24.4 Å². The summed E-state index contributed by atoms with van der Waals surface area (Å²) in [6.45, 7) is 7.81. The average molecular weight is 587 g/mol. The number of para-hydroxylation sites is 1. The molecule has 0 radical (unpaired) electrons. The van der Waals surface area contributed by atoms with Crippen LogP contribution in [-0.4, -0.2) is 23.2 Å². The summed E-state index contributed by atoms with van der Waals surface area (Å²) in [6.07, 6.45) is 1.67. The largest absolute Gasteiger partial charge is 0.491 e. The molecule has 0 fully saturated rings. The Kier molecular flexibility index (Phi) is 8.68. The molecule has 0 N–H and O–H groups in total. The molecule has 0 aliphatic carbocycles. The van der Waals surface area contributed by atoms with E-state index in [1.165, 1.54) is 23.5 Å². The highest BCUT2D eigenvalue weighted by Crippen LogP contribution is 2.36. The van der Waals surface area contributed by atoms with E-state index in [1.807, 2.05) is 62.4 Å². The van der Waals surface area contributed by atoms with Crippen LogP contribution in [0, 0.1) is 5.82 Å². The van der Waals surface area contributed by atoms with E-state index in [0.717, 1.165) is 11.1 Å². The lowest BCUT2D eigenvalue weighted by Gasteiger charge is -2.26. The van der Waals surface area contributed by atoms with Gasteiger partial charge in [-0.25, -0.2) is 14.2 Å². The van der Waals surface area contributed by atoms with E-state index < -0.39 is 12.0 Å². The van der Waals surface area contributed by atoms with Crippen molar-refractivity contribution in [3.63, 3.8) is 0 Å². The third-order valence-electron chi connectivity index (χ3n) is 6.57. The minimum atomic E-state index is -0.775. The number of benzene rings is 3. The van der Waals surface area contributed by atoms with Crippen molar-refractivity contribution in [2.24, 2.45) is 4.99 Å². The highest BCUT2D eigenvalue weighted by Gasteiger charge is 2.35. The molecule has 0 saturated carbocycles. The summed E-state index contributed by atoms with van der Waals surface area (Å²) in [4.78, 5) is 32.4. The number of nitrogens with zero attached hydrogens (tertiary/aromatic N) is 2. The number of rotatable bonds is 9. The summed E-state index contributed by atoms with van der Waals surface area (Å²) < 4.78 is 32.6. The quantitative estimate of drug-likeness (QED) is 0.249. The first kappa shape index (κ1) is 29.0. The topological polar surface area (TPSA) is 79.1 Å². The first-order chi connectivity index (χ1) is 20.2. The van der Waals surface area contributed by atoms with Crippen LogP contribution in [0.3, 0.4) is 0 Å². The third-order valence-corrected chi connectivity index (χ3v) is 7.55. The second-order valence-electron chi connectivity index (χ2n) is 9.99. The molecule has 42 heavy (non-hydrogen) atoms. The normalized spacial score (nSPS) is 14.9. The summed E-state index contributed by atoms with van der Waals surface area (Å²) >= 11 is 1.25. The van der Waals surface area contributed by atoms with Gasteiger partial charge >= 0.3 is 5.97 Å². The second kappa shape index (κ2) is 12.6. The molecule has 5 rings (SSSR count). The molecule has 1 aromatic heterocycles. The van der Waals surface area contributed by atoms with Gasteiger partial charge in [0.15, 0.2) is 4.80 Å². The van der Waals surface area contributed by atoms with Crippen molar-refractivity contribution in [2.45, 2.75) is 46.4 Å². The lowest BCUT2D eigenvalue weighted by molar-refractivity contribution is -0.139. The number of aromatic nitrogens is 1. The SMILES string of the molecule is CCOC(=O)C1=C(C)N=c2s/c(=C\c3cccc(OCc4ccc(F)cc4)c3)c(=O)n2C1c1ccccc1OC(C)C. The maximum Gasteiger partial charge on any atom is 0.338 e.